The second-order valence-corrected chi connectivity index (χ2v) is 7.02. The third-order valence-electron chi connectivity index (χ3n) is 5.69. The largest absolute Gasteiger partial charge is 0.480 e. The Morgan fingerprint density at radius 3 is 2.30 bits per heavy atom. The Morgan fingerprint density at radius 2 is 1.78 bits per heavy atom. The van der Waals surface area contributed by atoms with Crippen molar-refractivity contribution in [3.05, 3.63) is 35.9 Å². The summed E-state index contributed by atoms with van der Waals surface area (Å²) in [6.45, 7) is 0.535. The number of hydrogen-bond donors (Lipinski definition) is 3. The fraction of sp³-hybridized carbons (Fsp3) is 0.556. The number of rotatable bonds is 5. The molecule has 2 saturated carbocycles. The Morgan fingerprint density at radius 1 is 1.17 bits per heavy atom. The van der Waals surface area contributed by atoms with Gasteiger partial charge in [0.25, 0.3) is 0 Å². The Kier molecular flexibility index (Phi) is 4.15. The summed E-state index contributed by atoms with van der Waals surface area (Å²) in [5, 5.41) is 12.4. The van der Waals surface area contributed by atoms with Crippen LogP contribution in [0.4, 0.5) is 0 Å². The molecule has 0 unspecified atom stereocenters. The van der Waals surface area contributed by atoms with Crippen molar-refractivity contribution in [1.82, 2.24) is 5.32 Å². The fourth-order valence-electron chi connectivity index (χ4n) is 4.14. The van der Waals surface area contributed by atoms with E-state index >= 15 is 0 Å². The highest BCUT2D eigenvalue weighted by Gasteiger charge is 2.51. The van der Waals surface area contributed by atoms with Crippen LogP contribution in [0.3, 0.4) is 0 Å². The average Bonchev–Trinajstić information content (AvgIpc) is 3.02. The molecule has 23 heavy (non-hydrogen) atoms. The number of nitrogens with one attached hydrogen (secondary N) is 1. The number of hydrogen-bond acceptors (Lipinski definition) is 3. The summed E-state index contributed by atoms with van der Waals surface area (Å²) in [6.07, 6.45) is 4.05. The van der Waals surface area contributed by atoms with E-state index in [1.54, 1.807) is 0 Å². The number of carbonyl (C=O) groups is 2. The first-order chi connectivity index (χ1) is 11.0. The van der Waals surface area contributed by atoms with Crippen molar-refractivity contribution in [3.63, 3.8) is 0 Å². The summed E-state index contributed by atoms with van der Waals surface area (Å²) in [5.41, 5.74) is 5.87. The molecule has 5 heteroatoms. The van der Waals surface area contributed by atoms with Crippen LogP contribution >= 0.6 is 0 Å². The van der Waals surface area contributed by atoms with Gasteiger partial charge in [0.15, 0.2) is 0 Å². The maximum Gasteiger partial charge on any atom is 0.319 e. The second-order valence-electron chi connectivity index (χ2n) is 7.02. The maximum atomic E-state index is 12.5. The average molecular weight is 316 g/mol. The third-order valence-corrected chi connectivity index (χ3v) is 5.69. The summed E-state index contributed by atoms with van der Waals surface area (Å²) in [6, 6.07) is 10.1. The molecule has 0 aliphatic heterocycles. The third kappa shape index (κ3) is 2.63. The van der Waals surface area contributed by atoms with Gasteiger partial charge in [0.2, 0.25) is 5.91 Å². The van der Waals surface area contributed by atoms with Crippen molar-refractivity contribution in [1.29, 1.82) is 0 Å². The van der Waals surface area contributed by atoms with E-state index in [1.165, 1.54) is 5.56 Å². The molecule has 0 aromatic heterocycles. The number of benzene rings is 1. The highest BCUT2D eigenvalue weighted by molar-refractivity contribution is 6.02. The van der Waals surface area contributed by atoms with E-state index < -0.39 is 11.4 Å². The quantitative estimate of drug-likeness (QED) is 0.722. The van der Waals surface area contributed by atoms with Gasteiger partial charge in [-0.1, -0.05) is 43.2 Å². The lowest BCUT2D eigenvalue weighted by molar-refractivity contribution is -0.156. The molecular weight excluding hydrogens is 292 g/mol. The Bertz CT molecular complexity index is 588. The maximum absolute atomic E-state index is 12.5. The van der Waals surface area contributed by atoms with Gasteiger partial charge < -0.3 is 16.2 Å². The van der Waals surface area contributed by atoms with Gasteiger partial charge >= 0.3 is 5.97 Å². The highest BCUT2D eigenvalue weighted by Crippen LogP contribution is 2.44. The molecule has 2 fully saturated rings. The summed E-state index contributed by atoms with van der Waals surface area (Å²) in [7, 11) is 0. The van der Waals surface area contributed by atoms with Gasteiger partial charge in [0.1, 0.15) is 5.41 Å². The molecule has 0 atom stereocenters. The smallest absolute Gasteiger partial charge is 0.319 e. The first-order valence-electron chi connectivity index (χ1n) is 8.32. The van der Waals surface area contributed by atoms with Crippen molar-refractivity contribution >= 4 is 11.9 Å². The lowest BCUT2D eigenvalue weighted by Crippen LogP contribution is -2.59. The van der Waals surface area contributed by atoms with Gasteiger partial charge in [-0.3, -0.25) is 9.59 Å². The van der Waals surface area contributed by atoms with Gasteiger partial charge in [0, 0.05) is 18.0 Å². The number of amides is 1. The van der Waals surface area contributed by atoms with Gasteiger partial charge in [-0.2, -0.15) is 0 Å². The van der Waals surface area contributed by atoms with Crippen LogP contribution in [0.15, 0.2) is 30.3 Å². The minimum absolute atomic E-state index is 0.0167. The number of carbonyl (C=O) groups excluding carboxylic acids is 1. The molecule has 5 nitrogen and oxygen atoms in total. The van der Waals surface area contributed by atoms with Crippen LogP contribution in [-0.4, -0.2) is 29.6 Å². The fourth-order valence-corrected chi connectivity index (χ4v) is 4.14. The summed E-state index contributed by atoms with van der Waals surface area (Å²) < 4.78 is 0. The minimum atomic E-state index is -1.21. The van der Waals surface area contributed by atoms with E-state index in [2.05, 4.69) is 17.4 Å². The number of carboxylic acids is 1. The number of nitrogens with two attached hydrogens (primary N) is 1. The zero-order valence-corrected chi connectivity index (χ0v) is 13.3. The molecule has 0 saturated heterocycles. The van der Waals surface area contributed by atoms with E-state index in [9.17, 15) is 14.7 Å². The van der Waals surface area contributed by atoms with Gasteiger partial charge in [-0.05, 0) is 31.2 Å². The molecule has 0 heterocycles. The monoisotopic (exact) mass is 316 g/mol. The predicted octanol–water partition coefficient (Wildman–Crippen LogP) is 1.81. The van der Waals surface area contributed by atoms with Crippen LogP contribution in [0.1, 0.15) is 44.1 Å². The summed E-state index contributed by atoms with van der Waals surface area (Å²) >= 11 is 0. The SMILES string of the molecule is NCC1(c2ccccc2)CC(NC(=O)C2(C(=O)O)CCCC2)C1. The molecule has 3 rings (SSSR count). The Hall–Kier alpha value is -1.88. The van der Waals surface area contributed by atoms with Crippen LogP contribution in [0, 0.1) is 5.41 Å². The van der Waals surface area contributed by atoms with E-state index in [0.29, 0.717) is 19.4 Å². The summed E-state index contributed by atoms with van der Waals surface area (Å²) in [5.74, 6) is -1.30. The van der Waals surface area contributed by atoms with Gasteiger partial charge in [-0.15, -0.1) is 0 Å². The molecule has 2 aliphatic carbocycles. The van der Waals surface area contributed by atoms with E-state index in [-0.39, 0.29) is 17.4 Å². The molecular formula is C18H24N2O3. The van der Waals surface area contributed by atoms with Crippen molar-refractivity contribution in [2.24, 2.45) is 11.1 Å². The predicted molar refractivity (Wildman–Crippen MR) is 86.9 cm³/mol. The lowest BCUT2D eigenvalue weighted by Gasteiger charge is -2.48. The molecule has 1 amide bonds. The number of carboxylic acid groups (broad SMARTS) is 1. The van der Waals surface area contributed by atoms with E-state index in [0.717, 1.165) is 25.7 Å². The topological polar surface area (TPSA) is 92.4 Å². The van der Waals surface area contributed by atoms with Gasteiger partial charge in [0.05, 0.1) is 0 Å². The van der Waals surface area contributed by atoms with Crippen molar-refractivity contribution in [3.8, 4) is 0 Å². The normalized spacial score (nSPS) is 28.8. The molecule has 1 aromatic carbocycles. The van der Waals surface area contributed by atoms with E-state index in [4.69, 9.17) is 5.73 Å². The first kappa shape index (κ1) is 16.0. The van der Waals surface area contributed by atoms with Crippen molar-refractivity contribution in [2.75, 3.05) is 6.54 Å². The van der Waals surface area contributed by atoms with Crippen molar-refractivity contribution < 1.29 is 14.7 Å². The molecule has 0 bridgehead atoms. The van der Waals surface area contributed by atoms with Crippen LogP contribution in [0.5, 0.6) is 0 Å². The zero-order chi connectivity index (χ0) is 16.5. The van der Waals surface area contributed by atoms with Crippen LogP contribution in [-0.2, 0) is 15.0 Å². The number of aliphatic carboxylic acids is 1. The minimum Gasteiger partial charge on any atom is -0.480 e. The molecule has 0 spiro atoms. The zero-order valence-electron chi connectivity index (χ0n) is 13.3. The Labute approximate surface area is 136 Å². The first-order valence-corrected chi connectivity index (χ1v) is 8.32. The van der Waals surface area contributed by atoms with Crippen LogP contribution in [0.25, 0.3) is 0 Å². The molecule has 124 valence electrons. The van der Waals surface area contributed by atoms with Gasteiger partial charge in [-0.25, -0.2) is 0 Å². The van der Waals surface area contributed by atoms with Crippen LogP contribution < -0.4 is 11.1 Å². The molecule has 0 radical (unpaired) electrons. The Balaban J connectivity index is 1.65. The lowest BCUT2D eigenvalue weighted by atomic mass is 9.61. The summed E-state index contributed by atoms with van der Waals surface area (Å²) in [4.78, 5) is 24.1. The molecule has 1 aromatic rings. The standard InChI is InChI=1S/C18H24N2O3/c19-12-17(13-6-2-1-3-7-13)10-14(11-17)20-15(21)18(16(22)23)8-4-5-9-18/h1-3,6-7,14H,4-5,8-12,19H2,(H,20,21)(H,22,23). The second kappa shape index (κ2) is 5.96. The van der Waals surface area contributed by atoms with Crippen LogP contribution in [0.2, 0.25) is 0 Å². The van der Waals surface area contributed by atoms with Crippen molar-refractivity contribution in [2.45, 2.75) is 50.0 Å². The molecule has 4 N–H and O–H groups in total. The molecule has 2 aliphatic rings. The highest BCUT2D eigenvalue weighted by atomic mass is 16.4. The van der Waals surface area contributed by atoms with E-state index in [1.807, 2.05) is 18.2 Å².